The third-order valence-corrected chi connectivity index (χ3v) is 2.59. The van der Waals surface area contributed by atoms with Crippen LogP contribution < -0.4 is 0 Å². The molecule has 0 aromatic carbocycles. The molecule has 4 nitrogen and oxygen atoms in total. The van der Waals surface area contributed by atoms with Crippen molar-refractivity contribution in [2.75, 3.05) is 14.2 Å². The van der Waals surface area contributed by atoms with Crippen LogP contribution in [0.4, 0.5) is 0 Å². The van der Waals surface area contributed by atoms with Gasteiger partial charge in [-0.05, 0) is 18.8 Å². The van der Waals surface area contributed by atoms with Gasteiger partial charge in [0.2, 0.25) is 5.91 Å². The summed E-state index contributed by atoms with van der Waals surface area (Å²) < 4.78 is 4.74. The standard InChI is InChI=1S/C13H23NO3/c1-6-7-8-12(15)14(4)11(9-10(2)3)13(16)17-5/h6,10-11H,1,7-9H2,2-5H3. The molecule has 0 saturated carbocycles. The quantitative estimate of drug-likeness (QED) is 0.506. The van der Waals surface area contributed by atoms with Crippen molar-refractivity contribution in [3.05, 3.63) is 12.7 Å². The minimum atomic E-state index is -0.489. The minimum Gasteiger partial charge on any atom is -0.467 e. The van der Waals surface area contributed by atoms with Crippen molar-refractivity contribution >= 4 is 11.9 Å². The second-order valence-corrected chi connectivity index (χ2v) is 4.50. The Morgan fingerprint density at radius 1 is 1.41 bits per heavy atom. The molecule has 98 valence electrons. The van der Waals surface area contributed by atoms with Gasteiger partial charge in [-0.3, -0.25) is 4.79 Å². The van der Waals surface area contributed by atoms with Gasteiger partial charge in [0, 0.05) is 13.5 Å². The Kier molecular flexibility index (Phi) is 7.26. The first-order valence-electron chi connectivity index (χ1n) is 5.88. The van der Waals surface area contributed by atoms with E-state index < -0.39 is 6.04 Å². The summed E-state index contributed by atoms with van der Waals surface area (Å²) in [5.74, 6) is -0.0807. The van der Waals surface area contributed by atoms with Crippen LogP contribution in [0.3, 0.4) is 0 Å². The van der Waals surface area contributed by atoms with Crippen LogP contribution in [0.5, 0.6) is 0 Å². The van der Waals surface area contributed by atoms with Crippen LogP contribution in [0.1, 0.15) is 33.1 Å². The molecule has 0 aliphatic heterocycles. The Hall–Kier alpha value is -1.32. The van der Waals surface area contributed by atoms with Gasteiger partial charge in [0.1, 0.15) is 6.04 Å². The molecule has 0 fully saturated rings. The second-order valence-electron chi connectivity index (χ2n) is 4.50. The van der Waals surface area contributed by atoms with E-state index >= 15 is 0 Å². The lowest BCUT2D eigenvalue weighted by molar-refractivity contribution is -0.152. The van der Waals surface area contributed by atoms with Crippen molar-refractivity contribution in [3.63, 3.8) is 0 Å². The molecule has 0 saturated heterocycles. The van der Waals surface area contributed by atoms with Gasteiger partial charge in [-0.2, -0.15) is 0 Å². The van der Waals surface area contributed by atoms with E-state index in [1.165, 1.54) is 12.0 Å². The molecule has 0 spiro atoms. The predicted molar refractivity (Wildman–Crippen MR) is 67.5 cm³/mol. The molecule has 4 heteroatoms. The summed E-state index contributed by atoms with van der Waals surface area (Å²) in [6.45, 7) is 7.60. The SMILES string of the molecule is C=CCCC(=O)N(C)C(CC(C)C)C(=O)OC. The van der Waals surface area contributed by atoms with Gasteiger partial charge in [0.25, 0.3) is 0 Å². The van der Waals surface area contributed by atoms with Gasteiger partial charge in [0.05, 0.1) is 7.11 Å². The van der Waals surface area contributed by atoms with Crippen LogP contribution in [-0.2, 0) is 14.3 Å². The number of hydrogen-bond acceptors (Lipinski definition) is 3. The van der Waals surface area contributed by atoms with E-state index in [2.05, 4.69) is 6.58 Å². The number of carbonyl (C=O) groups excluding carboxylic acids is 2. The molecule has 0 radical (unpaired) electrons. The van der Waals surface area contributed by atoms with E-state index in [4.69, 9.17) is 4.74 Å². The number of rotatable bonds is 7. The molecule has 0 aromatic heterocycles. The van der Waals surface area contributed by atoms with E-state index in [1.807, 2.05) is 13.8 Å². The van der Waals surface area contributed by atoms with Crippen LogP contribution in [0, 0.1) is 5.92 Å². The van der Waals surface area contributed by atoms with E-state index in [9.17, 15) is 9.59 Å². The molecular formula is C13H23NO3. The van der Waals surface area contributed by atoms with Crippen LogP contribution in [0.2, 0.25) is 0 Å². The highest BCUT2D eigenvalue weighted by atomic mass is 16.5. The van der Waals surface area contributed by atoms with Crippen molar-refractivity contribution in [1.29, 1.82) is 0 Å². The fraction of sp³-hybridized carbons (Fsp3) is 0.692. The first-order chi connectivity index (χ1) is 7.93. The third kappa shape index (κ3) is 5.52. The van der Waals surface area contributed by atoms with E-state index in [-0.39, 0.29) is 11.9 Å². The summed E-state index contributed by atoms with van der Waals surface area (Å²) in [7, 11) is 2.99. The van der Waals surface area contributed by atoms with Crippen molar-refractivity contribution in [2.24, 2.45) is 5.92 Å². The number of carbonyl (C=O) groups is 2. The first-order valence-corrected chi connectivity index (χ1v) is 5.88. The van der Waals surface area contributed by atoms with Crippen LogP contribution in [0.15, 0.2) is 12.7 Å². The summed E-state index contributed by atoms with van der Waals surface area (Å²) in [5, 5.41) is 0. The first kappa shape index (κ1) is 15.7. The molecule has 1 amide bonds. The fourth-order valence-electron chi connectivity index (χ4n) is 1.57. The Morgan fingerprint density at radius 3 is 2.41 bits per heavy atom. The molecule has 1 unspecified atom stereocenters. The zero-order valence-corrected chi connectivity index (χ0v) is 11.2. The fourth-order valence-corrected chi connectivity index (χ4v) is 1.57. The van der Waals surface area contributed by atoms with Gasteiger partial charge < -0.3 is 9.64 Å². The molecule has 0 aliphatic carbocycles. The average molecular weight is 241 g/mol. The molecular weight excluding hydrogens is 218 g/mol. The zero-order chi connectivity index (χ0) is 13.4. The van der Waals surface area contributed by atoms with E-state index in [0.717, 1.165) is 0 Å². The number of likely N-dealkylation sites (N-methyl/N-ethyl adjacent to an activating group) is 1. The summed E-state index contributed by atoms with van der Waals surface area (Å²) in [6.07, 6.45) is 3.31. The number of hydrogen-bond donors (Lipinski definition) is 0. The minimum absolute atomic E-state index is 0.0547. The Morgan fingerprint density at radius 2 is 2.00 bits per heavy atom. The monoisotopic (exact) mass is 241 g/mol. The zero-order valence-electron chi connectivity index (χ0n) is 11.2. The highest BCUT2D eigenvalue weighted by Crippen LogP contribution is 2.13. The lowest BCUT2D eigenvalue weighted by Gasteiger charge is -2.27. The maximum atomic E-state index is 11.8. The second kappa shape index (κ2) is 7.87. The van der Waals surface area contributed by atoms with Gasteiger partial charge in [-0.25, -0.2) is 4.79 Å². The van der Waals surface area contributed by atoms with Gasteiger partial charge in [-0.1, -0.05) is 19.9 Å². The molecule has 0 aromatic rings. The maximum absolute atomic E-state index is 11.8. The van der Waals surface area contributed by atoms with Gasteiger partial charge in [-0.15, -0.1) is 6.58 Å². The summed E-state index contributed by atoms with van der Waals surface area (Å²) >= 11 is 0. The smallest absolute Gasteiger partial charge is 0.328 e. The van der Waals surface area contributed by atoms with Gasteiger partial charge in [0.15, 0.2) is 0 Å². The van der Waals surface area contributed by atoms with Crippen LogP contribution in [-0.4, -0.2) is 37.0 Å². The number of amides is 1. The molecule has 17 heavy (non-hydrogen) atoms. The van der Waals surface area contributed by atoms with Crippen LogP contribution in [0.25, 0.3) is 0 Å². The van der Waals surface area contributed by atoms with Crippen molar-refractivity contribution < 1.29 is 14.3 Å². The maximum Gasteiger partial charge on any atom is 0.328 e. The molecule has 0 heterocycles. The van der Waals surface area contributed by atoms with Crippen molar-refractivity contribution in [2.45, 2.75) is 39.2 Å². The van der Waals surface area contributed by atoms with Gasteiger partial charge >= 0.3 is 5.97 Å². The van der Waals surface area contributed by atoms with E-state index in [1.54, 1.807) is 13.1 Å². The number of nitrogens with zero attached hydrogens (tertiary/aromatic N) is 1. The highest BCUT2D eigenvalue weighted by Gasteiger charge is 2.27. The topological polar surface area (TPSA) is 46.6 Å². The van der Waals surface area contributed by atoms with Crippen LogP contribution >= 0.6 is 0 Å². The van der Waals surface area contributed by atoms with Crippen molar-refractivity contribution in [1.82, 2.24) is 4.90 Å². The molecule has 0 N–H and O–H groups in total. The molecule has 0 bridgehead atoms. The average Bonchev–Trinajstić information content (AvgIpc) is 2.30. The van der Waals surface area contributed by atoms with Crippen molar-refractivity contribution in [3.8, 4) is 0 Å². The lowest BCUT2D eigenvalue weighted by Crippen LogP contribution is -2.43. The van der Waals surface area contributed by atoms with E-state index in [0.29, 0.717) is 25.2 Å². The largest absolute Gasteiger partial charge is 0.467 e. The Balaban J connectivity index is 4.61. The number of ether oxygens (including phenoxy) is 1. The Labute approximate surface area is 104 Å². The predicted octanol–water partition coefficient (Wildman–Crippen LogP) is 2.00. The highest BCUT2D eigenvalue weighted by molar-refractivity contribution is 5.84. The molecule has 0 aliphatic rings. The third-order valence-electron chi connectivity index (χ3n) is 2.59. The Bertz CT molecular complexity index is 274. The molecule has 1 atom stereocenters. The summed E-state index contributed by atoms with van der Waals surface area (Å²) in [5.41, 5.74) is 0. The summed E-state index contributed by atoms with van der Waals surface area (Å²) in [4.78, 5) is 24.9. The molecule has 0 rings (SSSR count). The normalized spacial score (nSPS) is 12.1. The number of allylic oxidation sites excluding steroid dienone is 1. The number of esters is 1. The lowest BCUT2D eigenvalue weighted by atomic mass is 10.0. The number of methoxy groups -OCH3 is 1. The summed E-state index contributed by atoms with van der Waals surface area (Å²) in [6, 6.07) is -0.489.